The quantitative estimate of drug-likeness (QED) is 0.407. The number of hydrogen-bond acceptors (Lipinski definition) is 8. The molecule has 3 atom stereocenters. The fourth-order valence-electron chi connectivity index (χ4n) is 6.44. The van der Waals surface area contributed by atoms with E-state index in [-0.39, 0.29) is 28.4 Å². The standard InChI is InChI=1S/C27H33N3O6S2/c1-16-13-28-21(17(2)24(16)36-6)14-37(32)25-29-20-12-19(35-5)7-8-22(20)30(25)38(33,34)15-27-10-9-18(11-23(27)31)26(27,3)4/h7-8,12-13,18H,9-11,14-15H2,1-6H3/t18-,27-,37-/m0/s1. The van der Waals surface area contributed by atoms with Crippen LogP contribution in [0.2, 0.25) is 0 Å². The van der Waals surface area contributed by atoms with Crippen LogP contribution >= 0.6 is 0 Å². The highest BCUT2D eigenvalue weighted by Gasteiger charge is 2.65. The van der Waals surface area contributed by atoms with Crippen LogP contribution in [-0.4, -0.2) is 52.3 Å². The predicted octanol–water partition coefficient (Wildman–Crippen LogP) is 3.95. The Hall–Kier alpha value is -2.79. The number of nitrogens with zero attached hydrogens (tertiary/aromatic N) is 3. The van der Waals surface area contributed by atoms with Crippen LogP contribution < -0.4 is 9.47 Å². The number of carbonyl (C=O) groups excluding carboxylic acids is 1. The van der Waals surface area contributed by atoms with E-state index in [9.17, 15) is 17.4 Å². The van der Waals surface area contributed by atoms with E-state index in [4.69, 9.17) is 9.47 Å². The van der Waals surface area contributed by atoms with Gasteiger partial charge in [-0.05, 0) is 50.2 Å². The molecule has 9 nitrogen and oxygen atoms in total. The molecular weight excluding hydrogens is 526 g/mol. The van der Waals surface area contributed by atoms with Gasteiger partial charge in [0.1, 0.15) is 17.3 Å². The van der Waals surface area contributed by atoms with E-state index in [1.54, 1.807) is 31.5 Å². The van der Waals surface area contributed by atoms with Crippen molar-refractivity contribution in [3.05, 3.63) is 41.2 Å². The molecule has 2 bridgehead atoms. The highest BCUT2D eigenvalue weighted by Crippen LogP contribution is 2.64. The number of aryl methyl sites for hydroxylation is 1. The number of aromatic nitrogens is 3. The first kappa shape index (κ1) is 26.8. The first-order valence-electron chi connectivity index (χ1n) is 12.6. The van der Waals surface area contributed by atoms with Crippen LogP contribution in [0.4, 0.5) is 0 Å². The Bertz CT molecular complexity index is 1590. The minimum absolute atomic E-state index is 0.00247. The first-order chi connectivity index (χ1) is 17.9. The molecular formula is C27H33N3O6S2. The number of methoxy groups -OCH3 is 2. The van der Waals surface area contributed by atoms with Crippen molar-refractivity contribution in [2.45, 2.75) is 57.9 Å². The molecule has 2 heterocycles. The Morgan fingerprint density at radius 2 is 1.92 bits per heavy atom. The summed E-state index contributed by atoms with van der Waals surface area (Å²) in [5.74, 6) is 0.933. The number of pyridine rings is 1. The fraction of sp³-hybridized carbons (Fsp3) is 0.519. The van der Waals surface area contributed by atoms with Crippen LogP contribution in [0.25, 0.3) is 11.0 Å². The molecule has 2 aliphatic carbocycles. The molecule has 11 heteroatoms. The van der Waals surface area contributed by atoms with Gasteiger partial charge < -0.3 is 9.47 Å². The Labute approximate surface area is 225 Å². The third-order valence-electron chi connectivity index (χ3n) is 8.86. The summed E-state index contributed by atoms with van der Waals surface area (Å²) in [7, 11) is -2.93. The van der Waals surface area contributed by atoms with Crippen molar-refractivity contribution in [3.63, 3.8) is 0 Å². The molecule has 204 valence electrons. The molecule has 0 saturated heterocycles. The van der Waals surface area contributed by atoms with E-state index in [1.165, 1.54) is 7.11 Å². The minimum Gasteiger partial charge on any atom is -0.497 e. The number of rotatable bonds is 8. The number of imidazole rings is 1. The average molecular weight is 560 g/mol. The van der Waals surface area contributed by atoms with Crippen molar-refractivity contribution in [3.8, 4) is 11.5 Å². The number of benzene rings is 1. The molecule has 0 aliphatic heterocycles. The summed E-state index contributed by atoms with van der Waals surface area (Å²) >= 11 is 0. The Balaban J connectivity index is 1.62. The Kier molecular flexibility index (Phi) is 6.45. The van der Waals surface area contributed by atoms with Gasteiger partial charge in [0.2, 0.25) is 15.2 Å². The number of ether oxygens (including phenoxy) is 2. The van der Waals surface area contributed by atoms with Gasteiger partial charge >= 0.3 is 0 Å². The van der Waals surface area contributed by atoms with Crippen LogP contribution in [0.15, 0.2) is 29.6 Å². The fourth-order valence-corrected chi connectivity index (χ4v) is 10.3. The molecule has 3 aromatic rings. The molecule has 38 heavy (non-hydrogen) atoms. The topological polar surface area (TPSA) is 117 Å². The Morgan fingerprint density at radius 3 is 2.53 bits per heavy atom. The lowest BCUT2D eigenvalue weighted by atomic mass is 9.70. The SMILES string of the molecule is COc1ccc2c(c1)nc([S@@](=O)Cc1ncc(C)c(OC)c1C)n2S(=O)(=O)C[C@@]12CC[C@@H](CC1=O)C2(C)C. The van der Waals surface area contributed by atoms with Crippen molar-refractivity contribution in [2.75, 3.05) is 20.0 Å². The molecule has 2 aliphatic rings. The normalized spacial score (nSPS) is 23.2. The highest BCUT2D eigenvalue weighted by molar-refractivity contribution is 7.91. The summed E-state index contributed by atoms with van der Waals surface area (Å²) in [5, 5.41) is -0.0943. The van der Waals surface area contributed by atoms with Crippen molar-refractivity contribution >= 4 is 37.6 Å². The zero-order valence-corrected chi connectivity index (χ0v) is 24.2. The maximum atomic E-state index is 14.2. The number of hydrogen-bond donors (Lipinski definition) is 0. The van der Waals surface area contributed by atoms with Crippen LogP contribution in [0, 0.1) is 30.6 Å². The lowest BCUT2D eigenvalue weighted by Crippen LogP contribution is -2.43. The molecule has 0 unspecified atom stereocenters. The molecule has 0 radical (unpaired) electrons. The van der Waals surface area contributed by atoms with Gasteiger partial charge in [-0.2, -0.15) is 0 Å². The number of ketones is 1. The van der Waals surface area contributed by atoms with E-state index in [0.717, 1.165) is 21.5 Å². The van der Waals surface area contributed by atoms with Crippen LogP contribution in [0.5, 0.6) is 11.5 Å². The molecule has 1 aromatic carbocycles. The zero-order valence-electron chi connectivity index (χ0n) is 22.5. The molecule has 2 fully saturated rings. The second-order valence-electron chi connectivity index (χ2n) is 11.0. The van der Waals surface area contributed by atoms with Crippen molar-refractivity contribution in [1.29, 1.82) is 0 Å². The lowest BCUT2D eigenvalue weighted by molar-refractivity contribution is -0.128. The second kappa shape index (κ2) is 9.15. The predicted molar refractivity (Wildman–Crippen MR) is 144 cm³/mol. The van der Waals surface area contributed by atoms with E-state index in [1.807, 2.05) is 27.7 Å². The highest BCUT2D eigenvalue weighted by atomic mass is 32.2. The van der Waals surface area contributed by atoms with Gasteiger partial charge in [-0.25, -0.2) is 17.4 Å². The van der Waals surface area contributed by atoms with Crippen LogP contribution in [0.1, 0.15) is 49.9 Å². The van der Waals surface area contributed by atoms with E-state index >= 15 is 0 Å². The maximum Gasteiger partial charge on any atom is 0.242 e. The van der Waals surface area contributed by atoms with E-state index < -0.39 is 31.7 Å². The zero-order chi connectivity index (χ0) is 27.6. The van der Waals surface area contributed by atoms with E-state index in [2.05, 4.69) is 9.97 Å². The largest absolute Gasteiger partial charge is 0.497 e. The third-order valence-corrected chi connectivity index (χ3v) is 12.0. The van der Waals surface area contributed by atoms with Gasteiger partial charge in [-0.1, -0.05) is 13.8 Å². The monoisotopic (exact) mass is 559 g/mol. The van der Waals surface area contributed by atoms with Crippen molar-refractivity contribution in [1.82, 2.24) is 13.9 Å². The second-order valence-corrected chi connectivity index (χ2v) is 14.1. The number of carbonyl (C=O) groups is 1. The average Bonchev–Trinajstić information content (AvgIpc) is 3.42. The van der Waals surface area contributed by atoms with Crippen molar-refractivity contribution in [2.24, 2.45) is 16.7 Å². The van der Waals surface area contributed by atoms with Crippen LogP contribution in [-0.2, 0) is 31.4 Å². The molecule has 2 saturated carbocycles. The summed E-state index contributed by atoms with van der Waals surface area (Å²) in [6.07, 6.45) is 3.42. The maximum absolute atomic E-state index is 14.2. The number of Topliss-reactive ketones (excluding diaryl/α,β-unsaturated/α-hetero) is 1. The molecule has 0 N–H and O–H groups in total. The van der Waals surface area contributed by atoms with Gasteiger partial charge in [0.05, 0.1) is 58.7 Å². The van der Waals surface area contributed by atoms with Crippen molar-refractivity contribution < 1.29 is 26.9 Å². The lowest BCUT2D eigenvalue weighted by Gasteiger charge is -2.36. The molecule has 0 amide bonds. The smallest absolute Gasteiger partial charge is 0.242 e. The summed E-state index contributed by atoms with van der Waals surface area (Å²) in [6, 6.07) is 4.87. The number of fused-ring (bicyclic) bond motifs is 3. The summed E-state index contributed by atoms with van der Waals surface area (Å²) < 4.78 is 54.1. The van der Waals surface area contributed by atoms with Gasteiger partial charge in [-0.3, -0.25) is 14.0 Å². The molecule has 2 aromatic heterocycles. The van der Waals surface area contributed by atoms with E-state index in [0.29, 0.717) is 41.1 Å². The third kappa shape index (κ3) is 3.88. The Morgan fingerprint density at radius 1 is 1.18 bits per heavy atom. The van der Waals surface area contributed by atoms with Gasteiger partial charge in [0, 0.05) is 29.8 Å². The molecule has 5 rings (SSSR count). The van der Waals surface area contributed by atoms with Gasteiger partial charge in [0.15, 0.2) is 0 Å². The molecule has 0 spiro atoms. The summed E-state index contributed by atoms with van der Waals surface area (Å²) in [5.41, 5.74) is 1.36. The summed E-state index contributed by atoms with van der Waals surface area (Å²) in [6.45, 7) is 7.71. The van der Waals surface area contributed by atoms with Gasteiger partial charge in [-0.15, -0.1) is 0 Å². The minimum atomic E-state index is -4.14. The summed E-state index contributed by atoms with van der Waals surface area (Å²) in [4.78, 5) is 22.1. The van der Waals surface area contributed by atoms with Crippen LogP contribution in [0.3, 0.4) is 0 Å². The van der Waals surface area contributed by atoms with Gasteiger partial charge in [0.25, 0.3) is 0 Å². The first-order valence-corrected chi connectivity index (χ1v) is 15.5.